The van der Waals surface area contributed by atoms with Crippen molar-refractivity contribution in [2.45, 2.75) is 25.3 Å². The molecule has 0 aromatic carbocycles. The summed E-state index contributed by atoms with van der Waals surface area (Å²) >= 11 is 0. The van der Waals surface area contributed by atoms with Crippen LogP contribution in [0.15, 0.2) is 0 Å². The summed E-state index contributed by atoms with van der Waals surface area (Å²) in [5.74, 6) is 1.11. The van der Waals surface area contributed by atoms with Crippen LogP contribution in [0.5, 0.6) is 0 Å². The van der Waals surface area contributed by atoms with E-state index in [1.165, 1.54) is 4.90 Å². The molecule has 1 aliphatic heterocycles. The summed E-state index contributed by atoms with van der Waals surface area (Å²) in [7, 11) is 0. The average Bonchev–Trinajstić information content (AvgIpc) is 2.46. The highest BCUT2D eigenvalue weighted by Crippen LogP contribution is 2.35. The van der Waals surface area contributed by atoms with Gasteiger partial charge in [0.05, 0.1) is 0 Å². The van der Waals surface area contributed by atoms with Gasteiger partial charge in [-0.2, -0.15) is 0 Å². The average molecular weight is 184 g/mol. The Bertz CT molecular complexity index is 220. The Morgan fingerprint density at radius 2 is 2.00 bits per heavy atom. The van der Waals surface area contributed by atoms with Gasteiger partial charge < -0.3 is 15.7 Å². The number of hydrogen-bond donors (Lipinski definition) is 2. The van der Waals surface area contributed by atoms with Crippen LogP contribution in [0.25, 0.3) is 0 Å². The normalized spacial score (nSPS) is 38.8. The van der Waals surface area contributed by atoms with E-state index in [4.69, 9.17) is 10.8 Å². The zero-order valence-corrected chi connectivity index (χ0v) is 7.65. The molecule has 0 spiro atoms. The first kappa shape index (κ1) is 8.81. The Morgan fingerprint density at radius 3 is 2.69 bits per heavy atom. The van der Waals surface area contributed by atoms with Crippen LogP contribution in [-0.2, 0) is 0 Å². The Hall–Kier alpha value is -0.770. The molecule has 0 aromatic rings. The minimum atomic E-state index is -0.775. The summed E-state index contributed by atoms with van der Waals surface area (Å²) in [5.41, 5.74) is 5.85. The maximum absolute atomic E-state index is 10.7. The number of fused-ring (bicyclic) bond motifs is 1. The van der Waals surface area contributed by atoms with Crippen LogP contribution in [0.4, 0.5) is 4.79 Å². The lowest BCUT2D eigenvalue weighted by atomic mass is 9.79. The topological polar surface area (TPSA) is 66.6 Å². The molecule has 3 atom stereocenters. The maximum atomic E-state index is 10.7. The smallest absolute Gasteiger partial charge is 0.407 e. The standard InChI is InChI=1S/C9H16N2O2/c10-8-2-1-6-4-11(9(12)13)5-7(6)3-8/h6-8H,1-5,10H2,(H,12,13). The van der Waals surface area contributed by atoms with Crippen LogP contribution in [0.1, 0.15) is 19.3 Å². The second kappa shape index (κ2) is 3.18. The van der Waals surface area contributed by atoms with E-state index < -0.39 is 6.09 Å². The van der Waals surface area contributed by atoms with Gasteiger partial charge in [0.25, 0.3) is 0 Å². The highest BCUT2D eigenvalue weighted by atomic mass is 16.4. The Morgan fingerprint density at radius 1 is 1.31 bits per heavy atom. The van der Waals surface area contributed by atoms with Crippen LogP contribution in [0.2, 0.25) is 0 Å². The summed E-state index contributed by atoms with van der Waals surface area (Å²) in [6.07, 6.45) is 2.40. The molecule has 3 N–H and O–H groups in total. The van der Waals surface area contributed by atoms with E-state index in [0.717, 1.165) is 25.8 Å². The van der Waals surface area contributed by atoms with Crippen molar-refractivity contribution in [3.05, 3.63) is 0 Å². The zero-order chi connectivity index (χ0) is 9.42. The lowest BCUT2D eigenvalue weighted by molar-refractivity contribution is 0.153. The molecule has 1 saturated carbocycles. The summed E-state index contributed by atoms with van der Waals surface area (Å²) in [6.45, 7) is 1.43. The fourth-order valence-electron chi connectivity index (χ4n) is 2.62. The molecule has 1 aliphatic carbocycles. The van der Waals surface area contributed by atoms with E-state index in [1.54, 1.807) is 0 Å². The second-order valence-corrected chi connectivity index (χ2v) is 4.28. The molecule has 0 aromatic heterocycles. The van der Waals surface area contributed by atoms with Crippen LogP contribution >= 0.6 is 0 Å². The van der Waals surface area contributed by atoms with Crippen LogP contribution in [0, 0.1) is 11.8 Å². The molecule has 1 heterocycles. The fourth-order valence-corrected chi connectivity index (χ4v) is 2.62. The molecular weight excluding hydrogens is 168 g/mol. The lowest BCUT2D eigenvalue weighted by Crippen LogP contribution is -2.32. The van der Waals surface area contributed by atoms with E-state index in [1.807, 2.05) is 0 Å². The first-order chi connectivity index (χ1) is 6.16. The van der Waals surface area contributed by atoms with E-state index in [0.29, 0.717) is 24.4 Å². The molecule has 2 rings (SSSR count). The monoisotopic (exact) mass is 184 g/mol. The molecule has 0 bridgehead atoms. The first-order valence-electron chi connectivity index (χ1n) is 4.90. The van der Waals surface area contributed by atoms with Gasteiger partial charge in [0, 0.05) is 19.1 Å². The third-order valence-electron chi connectivity index (χ3n) is 3.36. The van der Waals surface area contributed by atoms with Gasteiger partial charge in [-0.1, -0.05) is 0 Å². The number of hydrogen-bond acceptors (Lipinski definition) is 2. The largest absolute Gasteiger partial charge is 0.465 e. The van der Waals surface area contributed by atoms with Crippen molar-refractivity contribution in [2.24, 2.45) is 17.6 Å². The van der Waals surface area contributed by atoms with Gasteiger partial charge in [0.15, 0.2) is 0 Å². The van der Waals surface area contributed by atoms with E-state index >= 15 is 0 Å². The molecule has 2 aliphatic rings. The fraction of sp³-hybridized carbons (Fsp3) is 0.889. The number of rotatable bonds is 0. The number of carboxylic acid groups (broad SMARTS) is 1. The van der Waals surface area contributed by atoms with Gasteiger partial charge in [-0.3, -0.25) is 0 Å². The summed E-state index contributed by atoms with van der Waals surface area (Å²) in [6, 6.07) is 0.301. The maximum Gasteiger partial charge on any atom is 0.407 e. The lowest BCUT2D eigenvalue weighted by Gasteiger charge is -2.27. The van der Waals surface area contributed by atoms with Gasteiger partial charge in [-0.15, -0.1) is 0 Å². The van der Waals surface area contributed by atoms with Crippen molar-refractivity contribution in [1.82, 2.24) is 4.90 Å². The highest BCUT2D eigenvalue weighted by molar-refractivity contribution is 5.65. The van der Waals surface area contributed by atoms with Gasteiger partial charge >= 0.3 is 6.09 Å². The van der Waals surface area contributed by atoms with E-state index in [9.17, 15) is 4.79 Å². The second-order valence-electron chi connectivity index (χ2n) is 4.28. The van der Waals surface area contributed by atoms with Gasteiger partial charge in [-0.05, 0) is 31.1 Å². The summed E-state index contributed by atoms with van der Waals surface area (Å²) in [5, 5.41) is 8.82. The predicted molar refractivity (Wildman–Crippen MR) is 48.4 cm³/mol. The molecule has 4 nitrogen and oxygen atoms in total. The van der Waals surface area contributed by atoms with Crippen LogP contribution < -0.4 is 5.73 Å². The van der Waals surface area contributed by atoms with Gasteiger partial charge in [0.1, 0.15) is 0 Å². The quantitative estimate of drug-likeness (QED) is 0.583. The molecule has 1 amide bonds. The predicted octanol–water partition coefficient (Wildman–Crippen LogP) is 0.724. The molecule has 4 heteroatoms. The van der Waals surface area contributed by atoms with Crippen molar-refractivity contribution >= 4 is 6.09 Å². The van der Waals surface area contributed by atoms with Crippen LogP contribution in [-0.4, -0.2) is 35.2 Å². The molecule has 3 unspecified atom stereocenters. The van der Waals surface area contributed by atoms with Crippen molar-refractivity contribution in [2.75, 3.05) is 13.1 Å². The van der Waals surface area contributed by atoms with Crippen molar-refractivity contribution < 1.29 is 9.90 Å². The Labute approximate surface area is 77.7 Å². The molecule has 13 heavy (non-hydrogen) atoms. The third kappa shape index (κ3) is 1.63. The van der Waals surface area contributed by atoms with Crippen molar-refractivity contribution in [1.29, 1.82) is 0 Å². The summed E-state index contributed by atoms with van der Waals surface area (Å²) in [4.78, 5) is 12.3. The van der Waals surface area contributed by atoms with Gasteiger partial charge in [0.2, 0.25) is 0 Å². The Balaban J connectivity index is 1.98. The highest BCUT2D eigenvalue weighted by Gasteiger charge is 2.38. The van der Waals surface area contributed by atoms with Gasteiger partial charge in [-0.25, -0.2) is 4.79 Å². The molecule has 2 fully saturated rings. The molecule has 74 valence electrons. The van der Waals surface area contributed by atoms with Crippen LogP contribution in [0.3, 0.4) is 0 Å². The van der Waals surface area contributed by atoms with E-state index in [-0.39, 0.29) is 0 Å². The number of carbonyl (C=O) groups is 1. The minimum absolute atomic E-state index is 0.301. The SMILES string of the molecule is NC1CCC2CN(C(=O)O)CC2C1. The number of amides is 1. The zero-order valence-electron chi connectivity index (χ0n) is 7.65. The number of likely N-dealkylation sites (tertiary alicyclic amines) is 1. The number of nitrogens with two attached hydrogens (primary N) is 1. The minimum Gasteiger partial charge on any atom is -0.465 e. The first-order valence-corrected chi connectivity index (χ1v) is 4.90. The molecular formula is C9H16N2O2. The number of nitrogens with zero attached hydrogens (tertiary/aromatic N) is 1. The molecule has 1 saturated heterocycles. The third-order valence-corrected chi connectivity index (χ3v) is 3.36. The molecule has 0 radical (unpaired) electrons. The van der Waals surface area contributed by atoms with Crippen molar-refractivity contribution in [3.63, 3.8) is 0 Å². The Kier molecular flexibility index (Phi) is 2.15. The van der Waals surface area contributed by atoms with Crippen molar-refractivity contribution in [3.8, 4) is 0 Å². The summed E-state index contributed by atoms with van der Waals surface area (Å²) < 4.78 is 0. The van der Waals surface area contributed by atoms with E-state index in [2.05, 4.69) is 0 Å².